The van der Waals surface area contributed by atoms with Crippen molar-refractivity contribution in [1.29, 1.82) is 0 Å². The third-order valence-electron chi connectivity index (χ3n) is 1.99. The fraction of sp³-hybridized carbons (Fsp3) is 0.300. The van der Waals surface area contributed by atoms with E-state index in [0.29, 0.717) is 5.69 Å². The average Bonchev–Trinajstić information content (AvgIpc) is 2.27. The molecule has 0 aliphatic carbocycles. The minimum absolute atomic E-state index is 0.00880. The maximum atomic E-state index is 13.2. The minimum atomic E-state index is -3.35. The van der Waals surface area contributed by atoms with Gasteiger partial charge in [-0.15, -0.1) is 0 Å². The van der Waals surface area contributed by atoms with Crippen LogP contribution in [0.2, 0.25) is 0 Å². The van der Waals surface area contributed by atoms with E-state index in [-0.39, 0.29) is 10.0 Å². The zero-order valence-electron chi connectivity index (χ0n) is 8.34. The van der Waals surface area contributed by atoms with Crippen LogP contribution in [0.25, 0.3) is 0 Å². The number of thiocarbonyl (C=S) groups is 1. The Morgan fingerprint density at radius 2 is 1.65 bits per heavy atom. The molecule has 0 saturated carbocycles. The van der Waals surface area contributed by atoms with Gasteiger partial charge in [-0.1, -0.05) is 23.7 Å². The van der Waals surface area contributed by atoms with Crippen molar-refractivity contribution in [1.82, 2.24) is 0 Å². The summed E-state index contributed by atoms with van der Waals surface area (Å²) in [5, 5.41) is 2.56. The number of hydrogen-bond donors (Lipinski definition) is 1. The Balaban J connectivity index is 2.76. The third-order valence-corrected chi connectivity index (χ3v) is 2.19. The SMILES string of the molecule is FC(F)C(F)C(F)c1ccc(NC(=S)Cl)cc1. The lowest BCUT2D eigenvalue weighted by Crippen LogP contribution is -2.18. The predicted octanol–water partition coefficient (Wildman–Crippen LogP) is 4.24. The Bertz CT molecular complexity index is 384. The summed E-state index contributed by atoms with van der Waals surface area (Å²) in [6.07, 6.45) is -8.53. The Labute approximate surface area is 106 Å². The van der Waals surface area contributed by atoms with Gasteiger partial charge in [0.15, 0.2) is 16.8 Å². The van der Waals surface area contributed by atoms with Crippen LogP contribution in [0.4, 0.5) is 23.2 Å². The molecule has 94 valence electrons. The van der Waals surface area contributed by atoms with Crippen molar-refractivity contribution in [2.75, 3.05) is 5.32 Å². The van der Waals surface area contributed by atoms with Crippen molar-refractivity contribution in [3.63, 3.8) is 0 Å². The molecule has 2 atom stereocenters. The molecular formula is C10H8ClF4NS. The standard InChI is InChI=1S/C10H8ClF4NS/c11-10(17)16-6-3-1-5(2-4-6)7(12)8(13)9(14)15/h1-4,7-9H,(H,16,17). The van der Waals surface area contributed by atoms with Crippen molar-refractivity contribution < 1.29 is 17.6 Å². The molecule has 0 aromatic heterocycles. The number of benzene rings is 1. The first kappa shape index (κ1) is 14.2. The lowest BCUT2D eigenvalue weighted by Gasteiger charge is -2.13. The molecule has 1 aromatic rings. The first-order chi connectivity index (χ1) is 7.91. The Kier molecular flexibility index (Phi) is 5.14. The van der Waals surface area contributed by atoms with Gasteiger partial charge in [-0.05, 0) is 29.9 Å². The number of anilines is 1. The number of nitrogens with one attached hydrogen (secondary N) is 1. The van der Waals surface area contributed by atoms with Gasteiger partial charge < -0.3 is 5.32 Å². The molecule has 1 N–H and O–H groups in total. The van der Waals surface area contributed by atoms with Crippen molar-refractivity contribution in [3.05, 3.63) is 29.8 Å². The molecule has 1 rings (SSSR count). The van der Waals surface area contributed by atoms with E-state index in [1.807, 2.05) is 0 Å². The second-order valence-corrected chi connectivity index (χ2v) is 4.21. The van der Waals surface area contributed by atoms with Crippen molar-refractivity contribution in [3.8, 4) is 0 Å². The number of alkyl halides is 4. The Morgan fingerprint density at radius 3 is 2.06 bits per heavy atom. The molecule has 17 heavy (non-hydrogen) atoms. The van der Waals surface area contributed by atoms with Crippen LogP contribution in [-0.4, -0.2) is 17.0 Å². The van der Waals surface area contributed by atoms with E-state index >= 15 is 0 Å². The largest absolute Gasteiger partial charge is 0.337 e. The summed E-state index contributed by atoms with van der Waals surface area (Å²) in [6, 6.07) is 5.12. The second-order valence-electron chi connectivity index (χ2n) is 3.20. The molecular weight excluding hydrogens is 278 g/mol. The van der Waals surface area contributed by atoms with Crippen molar-refractivity contribution in [2.24, 2.45) is 0 Å². The Hall–Kier alpha value is -0.880. The highest BCUT2D eigenvalue weighted by Gasteiger charge is 2.30. The predicted molar refractivity (Wildman–Crippen MR) is 63.3 cm³/mol. The van der Waals surface area contributed by atoms with Crippen LogP contribution in [0, 0.1) is 0 Å². The van der Waals surface area contributed by atoms with Gasteiger partial charge in [-0.2, -0.15) is 0 Å². The maximum Gasteiger partial charge on any atom is 0.272 e. The van der Waals surface area contributed by atoms with Gasteiger partial charge in [0.1, 0.15) is 0 Å². The maximum absolute atomic E-state index is 13.2. The smallest absolute Gasteiger partial charge is 0.272 e. The number of halogens is 5. The minimum Gasteiger partial charge on any atom is -0.337 e. The first-order valence-corrected chi connectivity index (χ1v) is 5.33. The first-order valence-electron chi connectivity index (χ1n) is 4.54. The number of rotatable bonds is 4. The molecule has 0 amide bonds. The van der Waals surface area contributed by atoms with Crippen LogP contribution >= 0.6 is 23.8 Å². The summed E-state index contributed by atoms with van der Waals surface area (Å²) in [7, 11) is 0. The fourth-order valence-corrected chi connectivity index (χ4v) is 1.40. The van der Waals surface area contributed by atoms with Gasteiger partial charge in [0.2, 0.25) is 0 Å². The Morgan fingerprint density at radius 1 is 1.12 bits per heavy atom. The van der Waals surface area contributed by atoms with E-state index in [0.717, 1.165) is 0 Å². The molecule has 0 aliphatic heterocycles. The third kappa shape index (κ3) is 4.12. The summed E-state index contributed by atoms with van der Waals surface area (Å²) >= 11 is 9.95. The summed E-state index contributed by atoms with van der Waals surface area (Å²) in [4.78, 5) is 0. The molecule has 7 heteroatoms. The van der Waals surface area contributed by atoms with E-state index < -0.39 is 18.8 Å². The molecule has 0 spiro atoms. The summed E-state index contributed by atoms with van der Waals surface area (Å²) in [6.45, 7) is 0. The fourth-order valence-electron chi connectivity index (χ4n) is 1.18. The van der Waals surface area contributed by atoms with Gasteiger partial charge in [0, 0.05) is 5.69 Å². The van der Waals surface area contributed by atoms with Gasteiger partial charge >= 0.3 is 0 Å². The van der Waals surface area contributed by atoms with Crippen LogP contribution in [-0.2, 0) is 0 Å². The lowest BCUT2D eigenvalue weighted by molar-refractivity contribution is 0.00281. The van der Waals surface area contributed by atoms with Gasteiger partial charge in [-0.3, -0.25) is 0 Å². The quantitative estimate of drug-likeness (QED) is 0.384. The van der Waals surface area contributed by atoms with Crippen LogP contribution < -0.4 is 5.32 Å². The zero-order valence-corrected chi connectivity index (χ0v) is 9.91. The van der Waals surface area contributed by atoms with E-state index in [1.54, 1.807) is 0 Å². The molecule has 0 heterocycles. The molecule has 0 bridgehead atoms. The van der Waals surface area contributed by atoms with Crippen LogP contribution in [0.15, 0.2) is 24.3 Å². The van der Waals surface area contributed by atoms with Crippen molar-refractivity contribution in [2.45, 2.75) is 18.8 Å². The topological polar surface area (TPSA) is 12.0 Å². The highest BCUT2D eigenvalue weighted by atomic mass is 35.5. The lowest BCUT2D eigenvalue weighted by atomic mass is 10.1. The highest BCUT2D eigenvalue weighted by molar-refractivity contribution is 7.83. The van der Waals surface area contributed by atoms with Crippen LogP contribution in [0.1, 0.15) is 11.7 Å². The van der Waals surface area contributed by atoms with Gasteiger partial charge in [0.05, 0.1) is 0 Å². The van der Waals surface area contributed by atoms with Crippen LogP contribution in [0.3, 0.4) is 0 Å². The summed E-state index contributed by atoms with van der Waals surface area (Å²) in [5.74, 6) is 0. The molecule has 1 nitrogen and oxygen atoms in total. The van der Waals surface area contributed by atoms with E-state index in [4.69, 9.17) is 11.6 Å². The summed E-state index contributed by atoms with van der Waals surface area (Å²) in [5.41, 5.74) is 0.303. The average molecular weight is 286 g/mol. The zero-order chi connectivity index (χ0) is 13.0. The van der Waals surface area contributed by atoms with Crippen molar-refractivity contribution >= 4 is 34.0 Å². The van der Waals surface area contributed by atoms with Crippen LogP contribution in [0.5, 0.6) is 0 Å². The molecule has 0 saturated heterocycles. The molecule has 0 aliphatic rings. The number of hydrogen-bond acceptors (Lipinski definition) is 1. The molecule has 0 radical (unpaired) electrons. The highest BCUT2D eigenvalue weighted by Crippen LogP contribution is 2.28. The molecule has 0 fully saturated rings. The van der Waals surface area contributed by atoms with Gasteiger partial charge in [-0.25, -0.2) is 17.6 Å². The van der Waals surface area contributed by atoms with E-state index in [1.165, 1.54) is 24.3 Å². The second kappa shape index (κ2) is 6.16. The van der Waals surface area contributed by atoms with E-state index in [9.17, 15) is 17.6 Å². The molecule has 1 aromatic carbocycles. The summed E-state index contributed by atoms with van der Waals surface area (Å²) < 4.78 is 49.9. The normalized spacial score (nSPS) is 14.5. The molecule has 2 unspecified atom stereocenters. The van der Waals surface area contributed by atoms with E-state index in [2.05, 4.69) is 17.5 Å². The van der Waals surface area contributed by atoms with Gasteiger partial charge in [0.25, 0.3) is 6.43 Å². The monoisotopic (exact) mass is 285 g/mol.